The molecule has 0 aliphatic carbocycles. The summed E-state index contributed by atoms with van der Waals surface area (Å²) in [6.45, 7) is 4.48. The molecule has 1 aromatic carbocycles. The first-order valence-corrected chi connectivity index (χ1v) is 11.8. The molecule has 1 N–H and O–H groups in total. The van der Waals surface area contributed by atoms with E-state index < -0.39 is 35.8 Å². The number of carboxylic acids is 1. The van der Waals surface area contributed by atoms with E-state index in [9.17, 15) is 36.2 Å². The van der Waals surface area contributed by atoms with Gasteiger partial charge in [-0.15, -0.1) is 0 Å². The number of rotatable bonds is 8. The minimum Gasteiger partial charge on any atom is -0.481 e. The molecule has 1 saturated heterocycles. The van der Waals surface area contributed by atoms with Crippen molar-refractivity contribution in [3.63, 3.8) is 0 Å². The number of aromatic nitrogens is 2. The molecular weight excluding hydrogens is 488 g/mol. The van der Waals surface area contributed by atoms with Crippen LogP contribution in [0.1, 0.15) is 80.6 Å². The number of likely N-dealkylation sites (tertiary alicyclic amines) is 1. The van der Waals surface area contributed by atoms with E-state index >= 15 is 0 Å². The van der Waals surface area contributed by atoms with Gasteiger partial charge < -0.3 is 5.11 Å². The Morgan fingerprint density at radius 2 is 1.64 bits per heavy atom. The lowest BCUT2D eigenvalue weighted by Crippen LogP contribution is -2.40. The van der Waals surface area contributed by atoms with Gasteiger partial charge in [-0.1, -0.05) is 26.0 Å². The van der Waals surface area contributed by atoms with E-state index in [4.69, 9.17) is 0 Å². The number of benzene rings is 1. The number of halogens is 6. The minimum absolute atomic E-state index is 0.0645. The van der Waals surface area contributed by atoms with Crippen molar-refractivity contribution in [2.24, 2.45) is 11.8 Å². The minimum atomic E-state index is -4.68. The van der Waals surface area contributed by atoms with Gasteiger partial charge in [-0.25, -0.2) is 9.97 Å². The molecule has 0 saturated carbocycles. The van der Waals surface area contributed by atoms with Crippen molar-refractivity contribution in [3.8, 4) is 0 Å². The second-order valence-corrected chi connectivity index (χ2v) is 9.69. The van der Waals surface area contributed by atoms with Crippen LogP contribution in [0.25, 0.3) is 0 Å². The van der Waals surface area contributed by atoms with Gasteiger partial charge in [0.15, 0.2) is 0 Å². The highest BCUT2D eigenvalue weighted by Crippen LogP contribution is 2.43. The Labute approximate surface area is 205 Å². The van der Waals surface area contributed by atoms with E-state index in [1.54, 1.807) is 0 Å². The third-order valence-electron chi connectivity index (χ3n) is 6.57. The molecule has 3 rings (SSSR count). The van der Waals surface area contributed by atoms with Crippen LogP contribution in [0, 0.1) is 11.8 Å². The Morgan fingerprint density at radius 1 is 1.03 bits per heavy atom. The van der Waals surface area contributed by atoms with Crippen molar-refractivity contribution in [2.75, 3.05) is 6.54 Å². The van der Waals surface area contributed by atoms with Crippen molar-refractivity contribution in [1.29, 1.82) is 0 Å². The van der Waals surface area contributed by atoms with Crippen molar-refractivity contribution in [1.82, 2.24) is 14.9 Å². The normalized spacial score (nSPS) is 20.5. The highest BCUT2D eigenvalue weighted by Gasteiger charge is 2.38. The van der Waals surface area contributed by atoms with Crippen molar-refractivity contribution in [3.05, 3.63) is 59.2 Å². The number of carboxylic acid groups (broad SMARTS) is 1. The molecule has 0 radical (unpaired) electrons. The average Bonchev–Trinajstić information content (AvgIpc) is 2.78. The van der Waals surface area contributed by atoms with Crippen LogP contribution in [0.2, 0.25) is 0 Å². The number of piperidine rings is 1. The molecule has 1 aromatic heterocycles. The maximum Gasteiger partial charge on any atom is 0.451 e. The second kappa shape index (κ2) is 11.1. The first kappa shape index (κ1) is 27.9. The standard InChI is InChI=1S/C25H29F6N3O2/c1-15(2)3-8-20(18-13-32-23(33-14-18)25(29,30)31)34-10-9-16(12-22(35)36)11-21(34)17-4-6-19(7-5-17)24(26,27)28/h4-7,13-16,20-21H,3,8-12H2,1-2H3,(H,35,36)/t16-,20-,21+/m1/s1. The highest BCUT2D eigenvalue weighted by atomic mass is 19.4. The summed E-state index contributed by atoms with van der Waals surface area (Å²) in [5, 5.41) is 9.29. The molecule has 198 valence electrons. The summed E-state index contributed by atoms with van der Waals surface area (Å²) in [7, 11) is 0. The number of aliphatic carboxylic acids is 1. The van der Waals surface area contributed by atoms with Crippen molar-refractivity contribution in [2.45, 2.75) is 70.4 Å². The summed E-state index contributed by atoms with van der Waals surface area (Å²) in [5.41, 5.74) is 0.293. The predicted octanol–water partition coefficient (Wildman–Crippen LogP) is 6.92. The molecule has 2 aromatic rings. The molecular formula is C25H29F6N3O2. The molecule has 0 unspecified atom stereocenters. The molecule has 0 bridgehead atoms. The summed E-state index contributed by atoms with van der Waals surface area (Å²) >= 11 is 0. The number of hydrogen-bond donors (Lipinski definition) is 1. The SMILES string of the molecule is CC(C)CC[C@H](c1cnc(C(F)(F)F)nc1)N1CC[C@@H](CC(=O)O)C[C@H]1c1ccc(C(F)(F)F)cc1. The summed E-state index contributed by atoms with van der Waals surface area (Å²) in [6.07, 6.45) is -4.64. The van der Waals surface area contributed by atoms with E-state index in [0.29, 0.717) is 42.9 Å². The van der Waals surface area contributed by atoms with Gasteiger partial charge in [0, 0.05) is 36.5 Å². The van der Waals surface area contributed by atoms with Gasteiger partial charge in [-0.2, -0.15) is 26.3 Å². The van der Waals surface area contributed by atoms with Gasteiger partial charge >= 0.3 is 18.3 Å². The first-order chi connectivity index (χ1) is 16.8. The van der Waals surface area contributed by atoms with Crippen LogP contribution in [0.3, 0.4) is 0 Å². The Kier molecular flexibility index (Phi) is 8.63. The lowest BCUT2D eigenvalue weighted by atomic mass is 9.82. The van der Waals surface area contributed by atoms with Gasteiger partial charge in [0.05, 0.1) is 5.56 Å². The quantitative estimate of drug-likeness (QED) is 0.385. The Morgan fingerprint density at radius 3 is 2.14 bits per heavy atom. The van der Waals surface area contributed by atoms with E-state index in [1.807, 2.05) is 13.8 Å². The Bertz CT molecular complexity index is 1010. The summed E-state index contributed by atoms with van der Waals surface area (Å²) in [5.74, 6) is -2.07. The third kappa shape index (κ3) is 7.18. The topological polar surface area (TPSA) is 66.3 Å². The first-order valence-electron chi connectivity index (χ1n) is 11.8. The second-order valence-electron chi connectivity index (χ2n) is 9.69. The molecule has 1 aliphatic rings. The fourth-order valence-electron chi connectivity index (χ4n) is 4.76. The Balaban J connectivity index is 1.99. The zero-order valence-electron chi connectivity index (χ0n) is 20.0. The average molecular weight is 518 g/mol. The van der Waals surface area contributed by atoms with Crippen LogP contribution < -0.4 is 0 Å². The van der Waals surface area contributed by atoms with Crippen molar-refractivity contribution >= 4 is 5.97 Å². The van der Waals surface area contributed by atoms with Crippen LogP contribution >= 0.6 is 0 Å². The van der Waals surface area contributed by atoms with Crippen LogP contribution in [-0.2, 0) is 17.1 Å². The number of hydrogen-bond acceptors (Lipinski definition) is 4. The third-order valence-corrected chi connectivity index (χ3v) is 6.57. The van der Waals surface area contributed by atoms with E-state index in [2.05, 4.69) is 14.9 Å². The monoisotopic (exact) mass is 517 g/mol. The lowest BCUT2D eigenvalue weighted by Gasteiger charge is -2.44. The largest absolute Gasteiger partial charge is 0.481 e. The predicted molar refractivity (Wildman–Crippen MR) is 120 cm³/mol. The van der Waals surface area contributed by atoms with Crippen LogP contribution in [0.5, 0.6) is 0 Å². The van der Waals surface area contributed by atoms with Crippen molar-refractivity contribution < 1.29 is 36.2 Å². The molecule has 0 amide bonds. The summed E-state index contributed by atoms with van der Waals surface area (Å²) in [4.78, 5) is 20.4. The van der Waals surface area contributed by atoms with Gasteiger partial charge in [0.1, 0.15) is 0 Å². The maximum absolute atomic E-state index is 13.1. The molecule has 2 heterocycles. The molecule has 1 aliphatic heterocycles. The highest BCUT2D eigenvalue weighted by molar-refractivity contribution is 5.67. The van der Waals surface area contributed by atoms with Crippen LogP contribution in [0.15, 0.2) is 36.7 Å². The molecule has 0 spiro atoms. The molecule has 1 fully saturated rings. The number of alkyl halides is 6. The molecule has 5 nitrogen and oxygen atoms in total. The van der Waals surface area contributed by atoms with Gasteiger partial charge in [0.2, 0.25) is 5.82 Å². The molecule has 3 atom stereocenters. The lowest BCUT2D eigenvalue weighted by molar-refractivity contribution is -0.145. The van der Waals surface area contributed by atoms with E-state index in [0.717, 1.165) is 30.9 Å². The Hall–Kier alpha value is -2.69. The number of carbonyl (C=O) groups is 1. The molecule has 11 heteroatoms. The molecule has 36 heavy (non-hydrogen) atoms. The zero-order chi connectivity index (χ0) is 26.7. The smallest absolute Gasteiger partial charge is 0.451 e. The van der Waals surface area contributed by atoms with E-state index in [1.165, 1.54) is 12.1 Å². The maximum atomic E-state index is 13.1. The van der Waals surface area contributed by atoms with Gasteiger partial charge in [0.25, 0.3) is 0 Å². The zero-order valence-corrected chi connectivity index (χ0v) is 20.0. The van der Waals surface area contributed by atoms with Crippen LogP contribution in [-0.4, -0.2) is 32.5 Å². The summed E-state index contributed by atoms with van der Waals surface area (Å²) < 4.78 is 78.4. The van der Waals surface area contributed by atoms with E-state index in [-0.39, 0.29) is 18.4 Å². The fourth-order valence-corrected chi connectivity index (χ4v) is 4.76. The van der Waals surface area contributed by atoms with Gasteiger partial charge in [-0.05, 0) is 61.8 Å². The van der Waals surface area contributed by atoms with Gasteiger partial charge in [-0.3, -0.25) is 9.69 Å². The fraction of sp³-hybridized carbons (Fsp3) is 0.560. The summed E-state index contributed by atoms with van der Waals surface area (Å²) in [6, 6.07) is 3.99. The number of nitrogens with zero attached hydrogens (tertiary/aromatic N) is 3. The van der Waals surface area contributed by atoms with Crippen LogP contribution in [0.4, 0.5) is 26.3 Å².